The second kappa shape index (κ2) is 5.80. The first-order chi connectivity index (χ1) is 11.7. The zero-order valence-corrected chi connectivity index (χ0v) is 14.0. The van der Waals surface area contributed by atoms with Crippen molar-refractivity contribution in [2.45, 2.75) is 36.9 Å². The molecule has 0 spiro atoms. The Morgan fingerprint density at radius 2 is 2.21 bits per heavy atom. The summed E-state index contributed by atoms with van der Waals surface area (Å²) in [6.07, 6.45) is 4.12. The van der Waals surface area contributed by atoms with Crippen LogP contribution < -0.4 is 4.74 Å². The summed E-state index contributed by atoms with van der Waals surface area (Å²) >= 11 is 0. The van der Waals surface area contributed by atoms with Crippen LogP contribution >= 0.6 is 0 Å². The van der Waals surface area contributed by atoms with Gasteiger partial charge in [0, 0.05) is 19.4 Å². The van der Waals surface area contributed by atoms with Crippen LogP contribution in [0, 0.1) is 17.2 Å². The highest BCUT2D eigenvalue weighted by molar-refractivity contribution is 5.51. The zero-order chi connectivity index (χ0) is 16.7. The first kappa shape index (κ1) is 15.5. The van der Waals surface area contributed by atoms with E-state index in [0.29, 0.717) is 6.42 Å². The smallest absolute Gasteiger partial charge is 0.146 e. The predicted molar refractivity (Wildman–Crippen MR) is 86.4 cm³/mol. The van der Waals surface area contributed by atoms with Crippen molar-refractivity contribution in [3.63, 3.8) is 0 Å². The van der Waals surface area contributed by atoms with E-state index in [1.54, 1.807) is 14.2 Å². The molecule has 0 bridgehead atoms. The van der Waals surface area contributed by atoms with Gasteiger partial charge >= 0.3 is 0 Å². The van der Waals surface area contributed by atoms with Gasteiger partial charge < -0.3 is 18.9 Å². The van der Waals surface area contributed by atoms with Crippen molar-refractivity contribution in [2.75, 3.05) is 21.0 Å². The van der Waals surface area contributed by atoms with E-state index in [0.717, 1.165) is 29.7 Å². The summed E-state index contributed by atoms with van der Waals surface area (Å²) in [5.74, 6) is 0.931. The second-order valence-corrected chi connectivity index (χ2v) is 6.76. The molecule has 0 saturated heterocycles. The van der Waals surface area contributed by atoms with E-state index in [-0.39, 0.29) is 24.9 Å². The molecule has 1 aliphatic heterocycles. The van der Waals surface area contributed by atoms with Crippen LogP contribution in [0.25, 0.3) is 0 Å². The fourth-order valence-electron chi connectivity index (χ4n) is 4.61. The zero-order valence-electron chi connectivity index (χ0n) is 14.0. The molecule has 4 atom stereocenters. The Hall–Kier alpha value is -2.03. The molecule has 1 saturated carbocycles. The van der Waals surface area contributed by atoms with Crippen LogP contribution in [-0.4, -0.2) is 33.2 Å². The highest BCUT2D eigenvalue weighted by Gasteiger charge is 2.57. The SMILES string of the molecule is COCO[C@@H]1CC2=CO[C@@H]3Cc4cc(OC)ccc4[C@](C#N)(C1)[C@H]23. The summed E-state index contributed by atoms with van der Waals surface area (Å²) < 4.78 is 22.2. The molecule has 1 aromatic rings. The Balaban J connectivity index is 1.79. The van der Waals surface area contributed by atoms with Gasteiger partial charge in [0.1, 0.15) is 18.6 Å². The predicted octanol–water partition coefficient (Wildman–Crippen LogP) is 2.69. The van der Waals surface area contributed by atoms with Crippen molar-refractivity contribution < 1.29 is 18.9 Å². The molecule has 4 rings (SSSR count). The number of fused-ring (bicyclic) bond motifs is 2. The van der Waals surface area contributed by atoms with E-state index in [2.05, 4.69) is 6.07 Å². The second-order valence-electron chi connectivity index (χ2n) is 6.76. The lowest BCUT2D eigenvalue weighted by Crippen LogP contribution is -2.51. The van der Waals surface area contributed by atoms with Crippen LogP contribution in [0.15, 0.2) is 30.0 Å². The number of hydrogen-bond acceptors (Lipinski definition) is 5. The molecule has 126 valence electrons. The lowest BCUT2D eigenvalue weighted by molar-refractivity contribution is -0.0888. The maximum Gasteiger partial charge on any atom is 0.146 e. The minimum atomic E-state index is -0.608. The minimum absolute atomic E-state index is 0.0302. The van der Waals surface area contributed by atoms with Crippen molar-refractivity contribution in [3.05, 3.63) is 41.2 Å². The van der Waals surface area contributed by atoms with E-state index in [1.807, 2.05) is 24.5 Å². The van der Waals surface area contributed by atoms with Crippen LogP contribution in [0.2, 0.25) is 0 Å². The summed E-state index contributed by atoms with van der Waals surface area (Å²) in [5, 5.41) is 10.2. The monoisotopic (exact) mass is 327 g/mol. The van der Waals surface area contributed by atoms with Crippen LogP contribution in [0.4, 0.5) is 0 Å². The maximum absolute atomic E-state index is 10.2. The van der Waals surface area contributed by atoms with E-state index in [4.69, 9.17) is 18.9 Å². The molecular formula is C19H21NO4. The summed E-state index contributed by atoms with van der Waals surface area (Å²) in [4.78, 5) is 0. The first-order valence-electron chi connectivity index (χ1n) is 8.25. The van der Waals surface area contributed by atoms with E-state index >= 15 is 0 Å². The Kier molecular flexibility index (Phi) is 3.75. The highest BCUT2D eigenvalue weighted by atomic mass is 16.7. The van der Waals surface area contributed by atoms with Crippen molar-refractivity contribution in [1.29, 1.82) is 5.26 Å². The van der Waals surface area contributed by atoms with Gasteiger partial charge in [-0.25, -0.2) is 0 Å². The Labute approximate surface area is 141 Å². The van der Waals surface area contributed by atoms with Gasteiger partial charge in [-0.05, 0) is 41.7 Å². The van der Waals surface area contributed by atoms with Crippen molar-refractivity contribution in [2.24, 2.45) is 5.92 Å². The summed E-state index contributed by atoms with van der Waals surface area (Å²) in [6, 6.07) is 8.66. The van der Waals surface area contributed by atoms with Gasteiger partial charge in [-0.15, -0.1) is 0 Å². The molecule has 0 aromatic heterocycles. The van der Waals surface area contributed by atoms with Gasteiger partial charge in [-0.1, -0.05) is 6.07 Å². The molecular weight excluding hydrogens is 306 g/mol. The molecule has 1 heterocycles. The highest BCUT2D eigenvalue weighted by Crippen LogP contribution is 2.55. The Morgan fingerprint density at radius 3 is 2.96 bits per heavy atom. The summed E-state index contributed by atoms with van der Waals surface area (Å²) in [5.41, 5.74) is 2.81. The number of benzene rings is 1. The third-order valence-electron chi connectivity index (χ3n) is 5.54. The van der Waals surface area contributed by atoms with E-state index < -0.39 is 5.41 Å². The van der Waals surface area contributed by atoms with E-state index in [1.165, 1.54) is 5.57 Å². The lowest BCUT2D eigenvalue weighted by atomic mass is 9.55. The van der Waals surface area contributed by atoms with Gasteiger partial charge in [-0.3, -0.25) is 0 Å². The molecule has 1 aromatic carbocycles. The minimum Gasteiger partial charge on any atom is -0.497 e. The molecule has 0 unspecified atom stereocenters. The Morgan fingerprint density at radius 1 is 1.33 bits per heavy atom. The fourth-order valence-corrected chi connectivity index (χ4v) is 4.61. The number of nitrogens with zero attached hydrogens (tertiary/aromatic N) is 1. The molecule has 5 heteroatoms. The van der Waals surface area contributed by atoms with Crippen molar-refractivity contribution in [1.82, 2.24) is 0 Å². The quantitative estimate of drug-likeness (QED) is 0.796. The van der Waals surface area contributed by atoms with E-state index in [9.17, 15) is 5.26 Å². The molecule has 3 aliphatic rings. The van der Waals surface area contributed by atoms with Crippen molar-refractivity contribution >= 4 is 0 Å². The fraction of sp³-hybridized carbons (Fsp3) is 0.526. The maximum atomic E-state index is 10.2. The van der Waals surface area contributed by atoms with Crippen LogP contribution in [0.1, 0.15) is 24.0 Å². The first-order valence-corrected chi connectivity index (χ1v) is 8.25. The average molecular weight is 327 g/mol. The standard InChI is InChI=1S/C19H21NO4/c1-21-11-24-15-6-13-9-23-17-7-12-5-14(22-2)3-4-16(12)19(8-15,10-20)18(13)17/h3-5,9,15,17-18H,6-8,11H2,1-2H3/t15-,17-,18-,19-/m1/s1. The number of nitriles is 1. The number of ether oxygens (including phenoxy) is 4. The number of methoxy groups -OCH3 is 2. The molecule has 0 amide bonds. The van der Waals surface area contributed by atoms with Crippen LogP contribution in [0.3, 0.4) is 0 Å². The van der Waals surface area contributed by atoms with Gasteiger partial charge in [0.05, 0.1) is 31.0 Å². The third kappa shape index (κ3) is 2.14. The normalized spacial score (nSPS) is 32.9. The van der Waals surface area contributed by atoms with Gasteiger partial charge in [0.15, 0.2) is 0 Å². The molecule has 0 radical (unpaired) electrons. The van der Waals surface area contributed by atoms with Gasteiger partial charge in [-0.2, -0.15) is 5.26 Å². The summed E-state index contributed by atoms with van der Waals surface area (Å²) in [7, 11) is 3.27. The number of hydrogen-bond donors (Lipinski definition) is 0. The Bertz CT molecular complexity index is 723. The van der Waals surface area contributed by atoms with Crippen LogP contribution in [0.5, 0.6) is 5.75 Å². The van der Waals surface area contributed by atoms with Crippen molar-refractivity contribution in [3.8, 4) is 11.8 Å². The molecule has 24 heavy (non-hydrogen) atoms. The summed E-state index contributed by atoms with van der Waals surface area (Å²) in [6.45, 7) is 0.240. The lowest BCUT2D eigenvalue weighted by Gasteiger charge is -2.47. The number of rotatable bonds is 4. The van der Waals surface area contributed by atoms with Crippen LogP contribution in [-0.2, 0) is 26.0 Å². The third-order valence-corrected chi connectivity index (χ3v) is 5.54. The molecule has 2 aliphatic carbocycles. The topological polar surface area (TPSA) is 60.7 Å². The largest absolute Gasteiger partial charge is 0.497 e. The molecule has 1 fully saturated rings. The molecule has 5 nitrogen and oxygen atoms in total. The average Bonchev–Trinajstić information content (AvgIpc) is 3.03. The molecule has 0 N–H and O–H groups in total. The van der Waals surface area contributed by atoms with Gasteiger partial charge in [0.25, 0.3) is 0 Å². The van der Waals surface area contributed by atoms with Gasteiger partial charge in [0.2, 0.25) is 0 Å².